The lowest BCUT2D eigenvalue weighted by molar-refractivity contribution is -0.296. The SMILES string of the molecule is COC(=O)[C@@]12OC[C@]34[C@H]([C@@H](O)[C@@H]1O)[C@@]1(C)CC(=O)C(O[C@@H]5O[C@H](CO)[C@@H](O)[C@H](O)[C@H]5O)=C(C)[C@@H]1C[C@H]3OC(=O)[C@H](OC(=O)/C=C(\C)C(C)(C)OC(C)=O)[C@@H]24. The zero-order chi connectivity index (χ0) is 40.0. The molecule has 15 atom stereocenters. The normalized spacial score (nSPS) is 44.4. The van der Waals surface area contributed by atoms with Crippen molar-refractivity contribution < 1.29 is 87.8 Å². The minimum absolute atomic E-state index is 0.0183. The number of allylic oxidation sites excluding steroid dienone is 2. The Balaban J connectivity index is 1.41. The highest BCUT2D eigenvalue weighted by molar-refractivity contribution is 5.96. The Kier molecular flexibility index (Phi) is 10.1. The third kappa shape index (κ3) is 5.63. The molecular formula is C36H48O18. The van der Waals surface area contributed by atoms with E-state index in [2.05, 4.69) is 0 Å². The van der Waals surface area contributed by atoms with Crippen molar-refractivity contribution in [3.8, 4) is 0 Å². The molecule has 0 radical (unpaired) electrons. The van der Waals surface area contributed by atoms with Crippen LogP contribution in [-0.4, -0.2) is 147 Å². The fraction of sp³-hybridized carbons (Fsp3) is 0.750. The van der Waals surface area contributed by atoms with Crippen LogP contribution in [-0.2, 0) is 57.1 Å². The predicted octanol–water partition coefficient (Wildman–Crippen LogP) is -1.90. The molecule has 6 rings (SSSR count). The smallest absolute Gasteiger partial charge is 0.348 e. The maximum atomic E-state index is 14.1. The van der Waals surface area contributed by atoms with Crippen LogP contribution in [0.25, 0.3) is 0 Å². The van der Waals surface area contributed by atoms with E-state index >= 15 is 0 Å². The molecule has 3 heterocycles. The summed E-state index contributed by atoms with van der Waals surface area (Å²) in [4.78, 5) is 66.9. The summed E-state index contributed by atoms with van der Waals surface area (Å²) in [5.74, 6) is -8.09. The molecule has 0 aromatic carbocycles. The summed E-state index contributed by atoms with van der Waals surface area (Å²) in [6.45, 7) is 7.94. The topological polar surface area (TPSA) is 271 Å². The zero-order valence-corrected chi connectivity index (χ0v) is 30.9. The van der Waals surface area contributed by atoms with Gasteiger partial charge in [-0.3, -0.25) is 9.59 Å². The fourth-order valence-corrected chi connectivity index (χ4v) is 10.2. The van der Waals surface area contributed by atoms with Crippen LogP contribution < -0.4 is 0 Å². The van der Waals surface area contributed by atoms with Gasteiger partial charge < -0.3 is 63.8 Å². The van der Waals surface area contributed by atoms with E-state index in [4.69, 9.17) is 33.2 Å². The molecular weight excluding hydrogens is 720 g/mol. The second kappa shape index (κ2) is 13.6. The standard InChI is InChI=1S/C36H48O18/c1-13(33(4,5)54-15(3)38)8-20(40)52-26-28-35-12-49-36(28,32(47)48-7)29(45)24(44)27(35)34(6)10-17(39)25(14(2)16(34)9-19(35)51-30(26)46)53-31-23(43)22(42)21(41)18(11-37)50-31/h8,16,18-19,21-24,26-29,31,37,41-45H,9-12H2,1-7H3/b13-8+/t16-,18+,19+,21+,22-,23+,24+,26+,27+,28+,29-,31-,34-,35+,36-/m0/s1. The third-order valence-corrected chi connectivity index (χ3v) is 12.8. The van der Waals surface area contributed by atoms with Gasteiger partial charge in [-0.25, -0.2) is 14.4 Å². The molecule has 0 aromatic heterocycles. The highest BCUT2D eigenvalue weighted by Crippen LogP contribution is 2.73. The second-order valence-electron chi connectivity index (χ2n) is 16.0. The number of fused-ring (bicyclic) bond motifs is 2. The van der Waals surface area contributed by atoms with Crippen molar-refractivity contribution in [2.45, 2.75) is 121 Å². The Hall–Kier alpha value is -3.49. The van der Waals surface area contributed by atoms with E-state index in [0.717, 1.165) is 13.2 Å². The summed E-state index contributed by atoms with van der Waals surface area (Å²) in [6, 6.07) is 0. The summed E-state index contributed by atoms with van der Waals surface area (Å²) >= 11 is 0. The summed E-state index contributed by atoms with van der Waals surface area (Å²) in [5.41, 5.74) is -5.89. The number of esters is 4. The lowest BCUT2D eigenvalue weighted by atomic mass is 9.38. The van der Waals surface area contributed by atoms with Crippen molar-refractivity contribution in [3.05, 3.63) is 23.0 Å². The summed E-state index contributed by atoms with van der Waals surface area (Å²) in [5, 5.41) is 64.8. The van der Waals surface area contributed by atoms with E-state index in [0.29, 0.717) is 5.57 Å². The van der Waals surface area contributed by atoms with Gasteiger partial charge in [-0.2, -0.15) is 0 Å². The summed E-state index contributed by atoms with van der Waals surface area (Å²) in [6.07, 6.45) is -14.4. The van der Waals surface area contributed by atoms with Gasteiger partial charge in [0.25, 0.3) is 0 Å². The molecule has 5 fully saturated rings. The molecule has 300 valence electrons. The number of aliphatic hydroxyl groups is 6. The monoisotopic (exact) mass is 768 g/mol. The fourth-order valence-electron chi connectivity index (χ4n) is 10.2. The van der Waals surface area contributed by atoms with Crippen LogP contribution in [0.2, 0.25) is 0 Å². The van der Waals surface area contributed by atoms with E-state index in [1.165, 1.54) is 27.7 Å². The molecule has 0 amide bonds. The van der Waals surface area contributed by atoms with Crippen LogP contribution >= 0.6 is 0 Å². The van der Waals surface area contributed by atoms with E-state index in [9.17, 15) is 54.6 Å². The average molecular weight is 769 g/mol. The Bertz CT molecular complexity index is 1670. The minimum atomic E-state index is -2.41. The van der Waals surface area contributed by atoms with Gasteiger partial charge in [-0.1, -0.05) is 6.92 Å². The molecule has 0 aromatic rings. The first-order valence-electron chi connectivity index (χ1n) is 17.7. The number of Topliss-reactive ketones (excluding diaryl/α,β-unsaturated/α-hetero) is 1. The molecule has 6 aliphatic rings. The quantitative estimate of drug-likeness (QED) is 0.0894. The number of methoxy groups -OCH3 is 1. The van der Waals surface area contributed by atoms with Crippen LogP contribution in [0, 0.1) is 28.6 Å². The van der Waals surface area contributed by atoms with E-state index in [1.807, 2.05) is 0 Å². The zero-order valence-electron chi connectivity index (χ0n) is 30.9. The van der Waals surface area contributed by atoms with Gasteiger partial charge in [-0.05, 0) is 56.6 Å². The molecule has 1 spiro atoms. The van der Waals surface area contributed by atoms with Crippen molar-refractivity contribution >= 4 is 29.7 Å². The lowest BCUT2D eigenvalue weighted by Crippen LogP contribution is -2.79. The molecule has 3 aliphatic heterocycles. The summed E-state index contributed by atoms with van der Waals surface area (Å²) < 4.78 is 39.6. The van der Waals surface area contributed by atoms with Gasteiger partial charge in [0.15, 0.2) is 11.5 Å². The van der Waals surface area contributed by atoms with E-state index < -0.39 is 131 Å². The van der Waals surface area contributed by atoms with Gasteiger partial charge in [0.05, 0.1) is 32.3 Å². The Labute approximate surface area is 309 Å². The molecule has 18 nitrogen and oxygen atoms in total. The number of aliphatic hydroxyl groups excluding tert-OH is 6. The number of ketones is 1. The first-order chi connectivity index (χ1) is 25.1. The third-order valence-electron chi connectivity index (χ3n) is 12.8. The second-order valence-corrected chi connectivity index (χ2v) is 16.0. The number of rotatable bonds is 8. The van der Waals surface area contributed by atoms with Crippen molar-refractivity contribution in [2.75, 3.05) is 20.3 Å². The number of hydrogen-bond donors (Lipinski definition) is 6. The van der Waals surface area contributed by atoms with Crippen molar-refractivity contribution in [1.29, 1.82) is 0 Å². The highest BCUT2D eigenvalue weighted by atomic mass is 16.7. The molecule has 3 saturated heterocycles. The van der Waals surface area contributed by atoms with Gasteiger partial charge in [0, 0.05) is 30.8 Å². The van der Waals surface area contributed by atoms with Crippen LogP contribution in [0.5, 0.6) is 0 Å². The minimum Gasteiger partial charge on any atom is -0.467 e. The largest absolute Gasteiger partial charge is 0.467 e. The first kappa shape index (κ1) is 40.2. The van der Waals surface area contributed by atoms with Crippen LogP contribution in [0.4, 0.5) is 0 Å². The van der Waals surface area contributed by atoms with E-state index in [1.54, 1.807) is 13.8 Å². The van der Waals surface area contributed by atoms with Gasteiger partial charge in [-0.15, -0.1) is 0 Å². The van der Waals surface area contributed by atoms with Crippen molar-refractivity contribution in [3.63, 3.8) is 0 Å². The molecule has 2 saturated carbocycles. The predicted molar refractivity (Wildman–Crippen MR) is 175 cm³/mol. The lowest BCUT2D eigenvalue weighted by Gasteiger charge is -2.67. The number of hydrogen-bond acceptors (Lipinski definition) is 18. The van der Waals surface area contributed by atoms with Gasteiger partial charge in [0.1, 0.15) is 42.2 Å². The molecule has 3 aliphatic carbocycles. The Morgan fingerprint density at radius 2 is 1.67 bits per heavy atom. The molecule has 6 N–H and O–H groups in total. The first-order valence-corrected chi connectivity index (χ1v) is 17.7. The van der Waals surface area contributed by atoms with E-state index in [-0.39, 0.29) is 30.8 Å². The molecule has 18 heteroatoms. The number of carbonyl (C=O) groups excluding carboxylic acids is 5. The van der Waals surface area contributed by atoms with Crippen molar-refractivity contribution in [2.24, 2.45) is 28.6 Å². The van der Waals surface area contributed by atoms with Crippen LogP contribution in [0.1, 0.15) is 54.4 Å². The van der Waals surface area contributed by atoms with Crippen LogP contribution in [0.15, 0.2) is 23.0 Å². The van der Waals surface area contributed by atoms with Crippen molar-refractivity contribution in [1.82, 2.24) is 0 Å². The molecule has 2 bridgehead atoms. The molecule has 0 unspecified atom stereocenters. The average Bonchev–Trinajstić information content (AvgIpc) is 3.40. The summed E-state index contributed by atoms with van der Waals surface area (Å²) in [7, 11) is 1.03. The Morgan fingerprint density at radius 3 is 2.28 bits per heavy atom. The highest BCUT2D eigenvalue weighted by Gasteiger charge is 2.85. The van der Waals surface area contributed by atoms with Gasteiger partial charge in [0.2, 0.25) is 18.0 Å². The van der Waals surface area contributed by atoms with Crippen LogP contribution in [0.3, 0.4) is 0 Å². The number of ether oxygens (including phenoxy) is 7. The molecule has 54 heavy (non-hydrogen) atoms. The van der Waals surface area contributed by atoms with Gasteiger partial charge >= 0.3 is 23.9 Å². The maximum Gasteiger partial charge on any atom is 0.348 e. The maximum absolute atomic E-state index is 14.1. The Morgan fingerprint density at radius 1 is 1.00 bits per heavy atom. The number of carbonyl (C=O) groups is 5.